The van der Waals surface area contributed by atoms with Gasteiger partial charge in [0, 0.05) is 6.54 Å². The van der Waals surface area contributed by atoms with Crippen LogP contribution in [0.4, 0.5) is 4.79 Å². The van der Waals surface area contributed by atoms with Crippen LogP contribution in [0.3, 0.4) is 0 Å². The lowest BCUT2D eigenvalue weighted by Gasteiger charge is -2.16. The minimum atomic E-state index is -1.35. The Kier molecular flexibility index (Phi) is 6.87. The highest BCUT2D eigenvalue weighted by Gasteiger charge is 2.24. The van der Waals surface area contributed by atoms with Crippen molar-refractivity contribution < 1.29 is 29.3 Å². The van der Waals surface area contributed by atoms with Gasteiger partial charge in [0.15, 0.2) is 0 Å². The summed E-state index contributed by atoms with van der Waals surface area (Å²) in [6, 6.07) is 9.13. The molecular formula is C16H18N2O6S. The molecule has 134 valence electrons. The van der Waals surface area contributed by atoms with Crippen LogP contribution in [0.5, 0.6) is 0 Å². The van der Waals surface area contributed by atoms with E-state index in [1.807, 2.05) is 30.3 Å². The van der Waals surface area contributed by atoms with Crippen LogP contribution in [0.1, 0.15) is 26.3 Å². The molecule has 0 saturated heterocycles. The zero-order valence-corrected chi connectivity index (χ0v) is 14.2. The normalized spacial score (nSPS) is 12.9. The number of carbonyl (C=O) groups is 2. The quantitative estimate of drug-likeness (QED) is 0.631. The Balaban J connectivity index is 1.78. The number of carbonyl (C=O) groups excluding carboxylic acids is 2. The van der Waals surface area contributed by atoms with Gasteiger partial charge in [-0.2, -0.15) is 0 Å². The maximum absolute atomic E-state index is 11.6. The Morgan fingerprint density at radius 3 is 2.68 bits per heavy atom. The third-order valence-electron chi connectivity index (χ3n) is 3.20. The van der Waals surface area contributed by atoms with Crippen molar-refractivity contribution in [2.75, 3.05) is 13.7 Å². The largest absolute Gasteiger partial charge is 0.465 e. The Hall–Kier alpha value is -2.49. The fraction of sp³-hybridized carbons (Fsp3) is 0.312. The van der Waals surface area contributed by atoms with Gasteiger partial charge in [0.05, 0.1) is 13.3 Å². The van der Waals surface area contributed by atoms with E-state index in [9.17, 15) is 19.8 Å². The molecule has 2 unspecified atom stereocenters. The molecule has 25 heavy (non-hydrogen) atoms. The molecule has 2 aromatic rings. The second kappa shape index (κ2) is 9.11. The van der Waals surface area contributed by atoms with Crippen LogP contribution in [0, 0.1) is 0 Å². The Labute approximate surface area is 148 Å². The van der Waals surface area contributed by atoms with Gasteiger partial charge < -0.3 is 25.0 Å². The first kappa shape index (κ1) is 18.8. The number of ether oxygens (including phenoxy) is 2. The van der Waals surface area contributed by atoms with Gasteiger partial charge in [0.2, 0.25) is 0 Å². The van der Waals surface area contributed by atoms with Crippen molar-refractivity contribution in [2.45, 2.75) is 18.8 Å². The fourth-order valence-electron chi connectivity index (χ4n) is 1.86. The van der Waals surface area contributed by atoms with Crippen LogP contribution in [0.15, 0.2) is 36.5 Å². The molecule has 1 aromatic heterocycles. The zero-order valence-electron chi connectivity index (χ0n) is 13.4. The Morgan fingerprint density at radius 1 is 1.28 bits per heavy atom. The number of esters is 1. The first-order valence-electron chi connectivity index (χ1n) is 7.36. The minimum absolute atomic E-state index is 0.0975. The molecule has 9 heteroatoms. The molecule has 1 heterocycles. The van der Waals surface area contributed by atoms with Crippen molar-refractivity contribution >= 4 is 23.4 Å². The molecule has 0 spiro atoms. The predicted octanol–water partition coefficient (Wildman–Crippen LogP) is 1.25. The lowest BCUT2D eigenvalue weighted by molar-refractivity contribution is 0.0183. The summed E-state index contributed by atoms with van der Waals surface area (Å²) in [6.45, 7) is -0.137. The van der Waals surface area contributed by atoms with E-state index >= 15 is 0 Å². The van der Waals surface area contributed by atoms with Crippen molar-refractivity contribution in [1.82, 2.24) is 10.3 Å². The van der Waals surface area contributed by atoms with Crippen LogP contribution in [-0.4, -0.2) is 47.0 Å². The second-order valence-electron chi connectivity index (χ2n) is 5.01. The van der Waals surface area contributed by atoms with E-state index in [0.717, 1.165) is 16.9 Å². The fourth-order valence-corrected chi connectivity index (χ4v) is 2.74. The highest BCUT2D eigenvalue weighted by atomic mass is 32.1. The number of aliphatic hydroxyl groups is 2. The van der Waals surface area contributed by atoms with Crippen LogP contribution in [0.25, 0.3) is 0 Å². The molecule has 0 aliphatic rings. The molecule has 0 aliphatic heterocycles. The molecule has 8 nitrogen and oxygen atoms in total. The highest BCUT2D eigenvalue weighted by molar-refractivity contribution is 7.13. The number of hydrogen-bond donors (Lipinski definition) is 3. The van der Waals surface area contributed by atoms with Gasteiger partial charge >= 0.3 is 12.1 Å². The van der Waals surface area contributed by atoms with Crippen molar-refractivity contribution in [3.63, 3.8) is 0 Å². The van der Waals surface area contributed by atoms with Crippen LogP contribution in [0.2, 0.25) is 0 Å². The summed E-state index contributed by atoms with van der Waals surface area (Å²) in [4.78, 5) is 27.0. The number of aliphatic hydroxyl groups excluding tert-OH is 2. The summed E-state index contributed by atoms with van der Waals surface area (Å²) in [5, 5.41) is 22.5. The maximum Gasteiger partial charge on any atom is 0.407 e. The maximum atomic E-state index is 11.6. The summed E-state index contributed by atoms with van der Waals surface area (Å²) in [6.07, 6.45) is -2.12. The highest BCUT2D eigenvalue weighted by Crippen LogP contribution is 2.23. The smallest absolute Gasteiger partial charge is 0.407 e. The molecule has 3 N–H and O–H groups in total. The standard InChI is InChI=1S/C16H18N2O6S/c1-23-15(21)12-8-17-14(25-12)13(20)11(19)7-18-16(22)24-9-10-5-3-2-4-6-10/h2-6,8,11,13,19-20H,7,9H2,1H3,(H,18,22). The van der Waals surface area contributed by atoms with Crippen LogP contribution >= 0.6 is 11.3 Å². The number of alkyl carbamates (subject to hydrolysis) is 1. The molecule has 1 aromatic carbocycles. The predicted molar refractivity (Wildman–Crippen MR) is 89.0 cm³/mol. The van der Waals surface area contributed by atoms with Gasteiger partial charge in [-0.3, -0.25) is 0 Å². The lowest BCUT2D eigenvalue weighted by Crippen LogP contribution is -2.35. The number of aromatic nitrogens is 1. The van der Waals surface area contributed by atoms with Gasteiger partial charge in [0.1, 0.15) is 28.7 Å². The number of amides is 1. The molecule has 0 bridgehead atoms. The molecule has 0 fully saturated rings. The molecule has 0 saturated carbocycles. The molecular weight excluding hydrogens is 348 g/mol. The van der Waals surface area contributed by atoms with Gasteiger partial charge in [-0.1, -0.05) is 30.3 Å². The van der Waals surface area contributed by atoms with Gasteiger partial charge in [-0.15, -0.1) is 11.3 Å². The van der Waals surface area contributed by atoms with E-state index in [-0.39, 0.29) is 23.0 Å². The molecule has 1 amide bonds. The number of hydrogen-bond acceptors (Lipinski definition) is 8. The van der Waals surface area contributed by atoms with Crippen molar-refractivity contribution in [3.8, 4) is 0 Å². The number of nitrogens with zero attached hydrogens (tertiary/aromatic N) is 1. The molecule has 0 aliphatic carbocycles. The van der Waals surface area contributed by atoms with E-state index in [2.05, 4.69) is 15.0 Å². The summed E-state index contributed by atoms with van der Waals surface area (Å²) >= 11 is 0.904. The molecule has 2 rings (SSSR count). The summed E-state index contributed by atoms with van der Waals surface area (Å²) < 4.78 is 9.54. The van der Waals surface area contributed by atoms with E-state index in [4.69, 9.17) is 4.74 Å². The zero-order chi connectivity index (χ0) is 18.2. The van der Waals surface area contributed by atoms with Gasteiger partial charge in [-0.25, -0.2) is 14.6 Å². The number of nitrogens with one attached hydrogen (secondary N) is 1. The van der Waals surface area contributed by atoms with E-state index in [1.165, 1.54) is 13.3 Å². The van der Waals surface area contributed by atoms with E-state index < -0.39 is 24.3 Å². The third-order valence-corrected chi connectivity index (χ3v) is 4.24. The number of benzene rings is 1. The summed E-state index contributed by atoms with van der Waals surface area (Å²) in [5.74, 6) is -0.576. The average molecular weight is 366 g/mol. The summed E-state index contributed by atoms with van der Waals surface area (Å²) in [5.41, 5.74) is 0.830. The summed E-state index contributed by atoms with van der Waals surface area (Å²) in [7, 11) is 1.23. The number of methoxy groups -OCH3 is 1. The molecule has 0 radical (unpaired) electrons. The Bertz CT molecular complexity index is 706. The first-order valence-corrected chi connectivity index (χ1v) is 8.17. The van der Waals surface area contributed by atoms with Gasteiger partial charge in [0.25, 0.3) is 0 Å². The first-order chi connectivity index (χ1) is 12.0. The molecule has 2 atom stereocenters. The van der Waals surface area contributed by atoms with Crippen LogP contribution in [-0.2, 0) is 16.1 Å². The van der Waals surface area contributed by atoms with E-state index in [0.29, 0.717) is 0 Å². The average Bonchev–Trinajstić information content (AvgIpc) is 3.14. The number of thiazole rings is 1. The topological polar surface area (TPSA) is 118 Å². The van der Waals surface area contributed by atoms with Crippen molar-refractivity contribution in [3.05, 3.63) is 52.0 Å². The second-order valence-corrected chi connectivity index (χ2v) is 6.07. The number of rotatable bonds is 7. The van der Waals surface area contributed by atoms with Crippen molar-refractivity contribution in [1.29, 1.82) is 0 Å². The lowest BCUT2D eigenvalue weighted by atomic mass is 10.2. The monoisotopic (exact) mass is 366 g/mol. The third kappa shape index (κ3) is 5.52. The Morgan fingerprint density at radius 2 is 2.00 bits per heavy atom. The SMILES string of the molecule is COC(=O)c1cnc(C(O)C(O)CNC(=O)OCc2ccccc2)s1. The van der Waals surface area contributed by atoms with Crippen LogP contribution < -0.4 is 5.32 Å². The minimum Gasteiger partial charge on any atom is -0.465 e. The van der Waals surface area contributed by atoms with Crippen molar-refractivity contribution in [2.24, 2.45) is 0 Å². The van der Waals surface area contributed by atoms with Gasteiger partial charge in [-0.05, 0) is 5.56 Å². The van der Waals surface area contributed by atoms with E-state index in [1.54, 1.807) is 0 Å².